The lowest BCUT2D eigenvalue weighted by Gasteiger charge is -2.13. The van der Waals surface area contributed by atoms with Gasteiger partial charge in [0.2, 0.25) is 0 Å². The van der Waals surface area contributed by atoms with Gasteiger partial charge in [-0.25, -0.2) is 0 Å². The molecule has 0 atom stereocenters. The normalized spacial score (nSPS) is 10.8. The second-order valence-corrected chi connectivity index (χ2v) is 6.44. The summed E-state index contributed by atoms with van der Waals surface area (Å²) in [5, 5.41) is 4.22. The summed E-state index contributed by atoms with van der Waals surface area (Å²) in [4.78, 5) is 6.19. The summed E-state index contributed by atoms with van der Waals surface area (Å²) in [5.74, 6) is 0. The van der Waals surface area contributed by atoms with Crippen LogP contribution in [0.15, 0.2) is 36.7 Å². The van der Waals surface area contributed by atoms with E-state index < -0.39 is 0 Å². The molecule has 0 bridgehead atoms. The summed E-state index contributed by atoms with van der Waals surface area (Å²) < 4.78 is 1.11. The van der Waals surface area contributed by atoms with Crippen LogP contribution in [-0.2, 0) is 13.1 Å². The fraction of sp³-hybridized carbons (Fsp3) is 0.267. The van der Waals surface area contributed by atoms with Gasteiger partial charge in [0.15, 0.2) is 0 Å². The molecule has 0 saturated carbocycles. The van der Waals surface area contributed by atoms with E-state index in [9.17, 15) is 0 Å². The van der Waals surface area contributed by atoms with Crippen LogP contribution in [0.4, 0.5) is 5.69 Å². The van der Waals surface area contributed by atoms with E-state index in [-0.39, 0.29) is 0 Å². The lowest BCUT2D eigenvalue weighted by molar-refractivity contribution is 0.402. The van der Waals surface area contributed by atoms with Crippen molar-refractivity contribution in [2.45, 2.75) is 13.1 Å². The van der Waals surface area contributed by atoms with E-state index in [0.717, 1.165) is 32.9 Å². The highest BCUT2D eigenvalue weighted by Gasteiger charge is 2.04. The predicted molar refractivity (Wildman–Crippen MR) is 93.1 cm³/mol. The Morgan fingerprint density at radius 2 is 2.10 bits per heavy atom. The fourth-order valence-electron chi connectivity index (χ4n) is 1.89. The first-order chi connectivity index (χ1) is 9.56. The van der Waals surface area contributed by atoms with Gasteiger partial charge < -0.3 is 10.2 Å². The first-order valence-electron chi connectivity index (χ1n) is 6.31. The average Bonchev–Trinajstić information content (AvgIpc) is 2.40. The van der Waals surface area contributed by atoms with Crippen LogP contribution < -0.4 is 5.32 Å². The molecule has 0 radical (unpaired) electrons. The molecular formula is C15H17ClIN3. The Labute approximate surface area is 138 Å². The topological polar surface area (TPSA) is 28.2 Å². The van der Waals surface area contributed by atoms with E-state index in [2.05, 4.69) is 49.9 Å². The van der Waals surface area contributed by atoms with E-state index in [1.165, 1.54) is 5.56 Å². The fourth-order valence-corrected chi connectivity index (χ4v) is 2.68. The number of hydrogen-bond acceptors (Lipinski definition) is 3. The van der Waals surface area contributed by atoms with Crippen LogP contribution in [0.25, 0.3) is 0 Å². The highest BCUT2D eigenvalue weighted by atomic mass is 127. The Kier molecular flexibility index (Phi) is 5.63. The summed E-state index contributed by atoms with van der Waals surface area (Å²) >= 11 is 8.59. The van der Waals surface area contributed by atoms with Crippen molar-refractivity contribution in [2.24, 2.45) is 0 Å². The number of halogens is 2. The van der Waals surface area contributed by atoms with Crippen LogP contribution in [0.5, 0.6) is 0 Å². The Morgan fingerprint density at radius 3 is 2.75 bits per heavy atom. The molecule has 0 unspecified atom stereocenters. The number of aromatic nitrogens is 1. The van der Waals surface area contributed by atoms with Crippen molar-refractivity contribution in [2.75, 3.05) is 19.4 Å². The number of anilines is 1. The Balaban J connectivity index is 2.04. The maximum Gasteiger partial charge on any atom is 0.0545 e. The molecule has 1 N–H and O–H groups in total. The molecule has 3 nitrogen and oxygen atoms in total. The number of pyridine rings is 1. The molecule has 0 saturated heterocycles. The van der Waals surface area contributed by atoms with Crippen molar-refractivity contribution in [3.8, 4) is 0 Å². The number of nitrogens with zero attached hydrogens (tertiary/aromatic N) is 2. The summed E-state index contributed by atoms with van der Waals surface area (Å²) in [6.07, 6.45) is 3.63. The van der Waals surface area contributed by atoms with Crippen LogP contribution in [0, 0.1) is 3.57 Å². The standard InChI is InChI=1S/C15H17ClIN3/c1-20(2)10-12-4-3-11(7-13(12)16)8-19-15-5-6-18-9-14(15)17/h3-7,9H,8,10H2,1-2H3,(H,18,19). The van der Waals surface area contributed by atoms with E-state index in [1.807, 2.05) is 32.4 Å². The monoisotopic (exact) mass is 401 g/mol. The molecule has 2 rings (SSSR count). The lowest BCUT2D eigenvalue weighted by atomic mass is 10.1. The maximum absolute atomic E-state index is 6.32. The van der Waals surface area contributed by atoms with Crippen molar-refractivity contribution in [3.63, 3.8) is 0 Å². The summed E-state index contributed by atoms with van der Waals surface area (Å²) in [6.45, 7) is 1.61. The lowest BCUT2D eigenvalue weighted by Crippen LogP contribution is -2.11. The van der Waals surface area contributed by atoms with Crippen LogP contribution in [0.2, 0.25) is 5.02 Å². The molecule has 0 aliphatic carbocycles. The maximum atomic E-state index is 6.32. The largest absolute Gasteiger partial charge is 0.380 e. The number of nitrogens with one attached hydrogen (secondary N) is 1. The zero-order chi connectivity index (χ0) is 14.5. The van der Waals surface area contributed by atoms with Gasteiger partial charge in [0.25, 0.3) is 0 Å². The van der Waals surface area contributed by atoms with Gasteiger partial charge in [-0.3, -0.25) is 4.98 Å². The van der Waals surface area contributed by atoms with Crippen molar-refractivity contribution >= 4 is 39.9 Å². The molecule has 1 aromatic heterocycles. The second kappa shape index (κ2) is 7.24. The third-order valence-electron chi connectivity index (χ3n) is 2.86. The van der Waals surface area contributed by atoms with Gasteiger partial charge in [-0.05, 0) is 59.9 Å². The smallest absolute Gasteiger partial charge is 0.0545 e. The van der Waals surface area contributed by atoms with Gasteiger partial charge in [-0.1, -0.05) is 23.7 Å². The van der Waals surface area contributed by atoms with Crippen molar-refractivity contribution in [1.82, 2.24) is 9.88 Å². The van der Waals surface area contributed by atoms with E-state index >= 15 is 0 Å². The molecular weight excluding hydrogens is 385 g/mol. The molecule has 5 heteroatoms. The highest BCUT2D eigenvalue weighted by molar-refractivity contribution is 14.1. The molecule has 1 heterocycles. The summed E-state index contributed by atoms with van der Waals surface area (Å²) in [5.41, 5.74) is 3.41. The highest BCUT2D eigenvalue weighted by Crippen LogP contribution is 2.21. The first-order valence-corrected chi connectivity index (χ1v) is 7.77. The van der Waals surface area contributed by atoms with Gasteiger partial charge in [-0.15, -0.1) is 0 Å². The molecule has 20 heavy (non-hydrogen) atoms. The summed E-state index contributed by atoms with van der Waals surface area (Å²) in [6, 6.07) is 8.22. The van der Waals surface area contributed by atoms with Gasteiger partial charge in [0.1, 0.15) is 0 Å². The molecule has 0 fully saturated rings. The van der Waals surface area contributed by atoms with Gasteiger partial charge in [-0.2, -0.15) is 0 Å². The molecule has 106 valence electrons. The quantitative estimate of drug-likeness (QED) is 0.767. The minimum Gasteiger partial charge on any atom is -0.380 e. The van der Waals surface area contributed by atoms with Gasteiger partial charge >= 0.3 is 0 Å². The zero-order valence-corrected chi connectivity index (χ0v) is 14.4. The Hall–Kier alpha value is -0.850. The van der Waals surface area contributed by atoms with Crippen LogP contribution in [-0.4, -0.2) is 24.0 Å². The molecule has 0 spiro atoms. The molecule has 0 amide bonds. The third-order valence-corrected chi connectivity index (χ3v) is 4.07. The van der Waals surface area contributed by atoms with E-state index in [4.69, 9.17) is 11.6 Å². The number of hydrogen-bond donors (Lipinski definition) is 1. The molecule has 0 aliphatic heterocycles. The van der Waals surface area contributed by atoms with Crippen LogP contribution in [0.3, 0.4) is 0 Å². The molecule has 2 aromatic rings. The Bertz CT molecular complexity index is 587. The minimum absolute atomic E-state index is 0.752. The van der Waals surface area contributed by atoms with Gasteiger partial charge in [0, 0.05) is 30.5 Å². The molecule has 1 aromatic carbocycles. The second-order valence-electron chi connectivity index (χ2n) is 4.87. The zero-order valence-electron chi connectivity index (χ0n) is 11.5. The number of rotatable bonds is 5. The predicted octanol–water partition coefficient (Wildman–Crippen LogP) is 4.01. The van der Waals surface area contributed by atoms with E-state index in [1.54, 1.807) is 6.20 Å². The SMILES string of the molecule is CN(C)Cc1ccc(CNc2ccncc2I)cc1Cl. The third kappa shape index (κ3) is 4.33. The average molecular weight is 402 g/mol. The Morgan fingerprint density at radius 1 is 1.30 bits per heavy atom. The van der Waals surface area contributed by atoms with Crippen molar-refractivity contribution in [3.05, 3.63) is 56.4 Å². The van der Waals surface area contributed by atoms with Crippen molar-refractivity contribution < 1.29 is 0 Å². The van der Waals surface area contributed by atoms with Crippen molar-refractivity contribution in [1.29, 1.82) is 0 Å². The van der Waals surface area contributed by atoms with Gasteiger partial charge in [0.05, 0.1) is 9.26 Å². The first kappa shape index (κ1) is 15.5. The van der Waals surface area contributed by atoms with E-state index in [0.29, 0.717) is 0 Å². The number of benzene rings is 1. The molecule has 0 aliphatic rings. The van der Waals surface area contributed by atoms with Crippen LogP contribution >= 0.6 is 34.2 Å². The summed E-state index contributed by atoms with van der Waals surface area (Å²) in [7, 11) is 4.08. The van der Waals surface area contributed by atoms with Crippen LogP contribution in [0.1, 0.15) is 11.1 Å². The minimum atomic E-state index is 0.752.